The van der Waals surface area contributed by atoms with E-state index in [4.69, 9.17) is 0 Å². The predicted octanol–water partition coefficient (Wildman–Crippen LogP) is 3.08. The third kappa shape index (κ3) is 4.42. The number of nitrogens with one attached hydrogen (secondary N) is 1. The van der Waals surface area contributed by atoms with Gasteiger partial charge in [0.15, 0.2) is 5.69 Å². The van der Waals surface area contributed by atoms with Gasteiger partial charge in [0.1, 0.15) is 4.60 Å². The van der Waals surface area contributed by atoms with Gasteiger partial charge in [0, 0.05) is 0 Å². The first-order valence-corrected chi connectivity index (χ1v) is 6.65. The maximum atomic E-state index is 12.3. The van der Waals surface area contributed by atoms with Crippen LogP contribution in [0.15, 0.2) is 10.7 Å². The van der Waals surface area contributed by atoms with Crippen LogP contribution in [-0.4, -0.2) is 30.1 Å². The van der Waals surface area contributed by atoms with E-state index >= 15 is 0 Å². The Hall–Kier alpha value is -1.64. The third-order valence-corrected chi connectivity index (χ3v) is 3.06. The van der Waals surface area contributed by atoms with Gasteiger partial charge in [-0.1, -0.05) is 13.3 Å². The summed E-state index contributed by atoms with van der Waals surface area (Å²) in [5, 5.41) is 1.71. The zero-order valence-electron chi connectivity index (χ0n) is 11.2. The van der Waals surface area contributed by atoms with Gasteiger partial charge in [0.05, 0.1) is 12.8 Å². The number of rotatable bonds is 4. The van der Waals surface area contributed by atoms with Gasteiger partial charge in [-0.3, -0.25) is 4.79 Å². The first kappa shape index (κ1) is 17.4. The molecule has 5 nitrogen and oxygen atoms in total. The molecule has 0 saturated carbocycles. The maximum absolute atomic E-state index is 12.3. The molecule has 0 atom stereocenters. The Bertz CT molecular complexity index is 561. The zero-order chi connectivity index (χ0) is 16.2. The highest BCUT2D eigenvalue weighted by molar-refractivity contribution is 9.10. The van der Waals surface area contributed by atoms with Crippen molar-refractivity contribution in [2.45, 2.75) is 25.9 Å². The van der Waals surface area contributed by atoms with E-state index < -0.39 is 18.1 Å². The highest BCUT2D eigenvalue weighted by Crippen LogP contribution is 2.27. The van der Waals surface area contributed by atoms with Crippen LogP contribution in [0.1, 0.15) is 29.4 Å². The Morgan fingerprint density at radius 3 is 2.52 bits per heavy atom. The molecule has 0 radical (unpaired) electrons. The molecule has 0 aliphatic rings. The number of aryl methyl sites for hydroxylation is 1. The SMILES string of the molecule is CCCc1cc(NC(=O)C(F)(F)F)c(Br)nc1C(=O)OC. The number of aromatic nitrogens is 1. The Morgan fingerprint density at radius 1 is 1.43 bits per heavy atom. The van der Waals surface area contributed by atoms with Gasteiger partial charge in [0.25, 0.3) is 0 Å². The van der Waals surface area contributed by atoms with Crippen LogP contribution in [0.25, 0.3) is 0 Å². The second-order valence-corrected chi connectivity index (χ2v) is 4.78. The molecular formula is C12H12BrF3N2O3. The predicted molar refractivity (Wildman–Crippen MR) is 72.0 cm³/mol. The molecule has 0 bridgehead atoms. The molecule has 1 aromatic rings. The van der Waals surface area contributed by atoms with E-state index in [1.54, 1.807) is 5.32 Å². The lowest BCUT2D eigenvalue weighted by Crippen LogP contribution is -2.30. The number of hydrogen-bond donors (Lipinski definition) is 1. The minimum atomic E-state index is -5.01. The van der Waals surface area contributed by atoms with Crippen molar-refractivity contribution in [3.05, 3.63) is 21.9 Å². The molecule has 1 rings (SSSR count). The molecule has 1 amide bonds. The van der Waals surface area contributed by atoms with Crippen molar-refractivity contribution < 1.29 is 27.5 Å². The van der Waals surface area contributed by atoms with Gasteiger partial charge >= 0.3 is 18.1 Å². The van der Waals surface area contributed by atoms with E-state index in [9.17, 15) is 22.8 Å². The van der Waals surface area contributed by atoms with Crippen LogP contribution >= 0.6 is 15.9 Å². The molecule has 9 heteroatoms. The van der Waals surface area contributed by atoms with Crippen LogP contribution in [0, 0.1) is 0 Å². The Balaban J connectivity index is 3.21. The second-order valence-electron chi connectivity index (χ2n) is 4.03. The number of esters is 1. The summed E-state index contributed by atoms with van der Waals surface area (Å²) in [7, 11) is 1.17. The summed E-state index contributed by atoms with van der Waals surface area (Å²) in [6.45, 7) is 1.83. The Labute approximate surface area is 127 Å². The van der Waals surface area contributed by atoms with Crippen LogP contribution in [0.4, 0.5) is 18.9 Å². The summed E-state index contributed by atoms with van der Waals surface area (Å²) in [6.07, 6.45) is -3.97. The first-order valence-electron chi connectivity index (χ1n) is 5.86. The smallest absolute Gasteiger partial charge is 0.464 e. The molecule has 0 saturated heterocycles. The van der Waals surface area contributed by atoms with Crippen molar-refractivity contribution in [2.75, 3.05) is 12.4 Å². The van der Waals surface area contributed by atoms with Gasteiger partial charge in [-0.25, -0.2) is 9.78 Å². The number of anilines is 1. The van der Waals surface area contributed by atoms with Crippen molar-refractivity contribution in [3.63, 3.8) is 0 Å². The van der Waals surface area contributed by atoms with Crippen molar-refractivity contribution in [1.29, 1.82) is 0 Å². The number of nitrogens with zero attached hydrogens (tertiary/aromatic N) is 1. The molecule has 1 aromatic heterocycles. The number of halogens is 4. The van der Waals surface area contributed by atoms with E-state index in [1.807, 2.05) is 6.92 Å². The lowest BCUT2D eigenvalue weighted by molar-refractivity contribution is -0.167. The molecule has 0 spiro atoms. The summed E-state index contributed by atoms with van der Waals surface area (Å²) in [5.41, 5.74) is 0.231. The number of pyridine rings is 1. The number of ether oxygens (including phenoxy) is 1. The molecule has 0 aliphatic carbocycles. The number of alkyl halides is 3. The van der Waals surface area contributed by atoms with E-state index in [0.717, 1.165) is 0 Å². The number of carbonyl (C=O) groups excluding carboxylic acids is 2. The average molecular weight is 369 g/mol. The Morgan fingerprint density at radius 2 is 2.05 bits per heavy atom. The van der Waals surface area contributed by atoms with Gasteiger partial charge in [-0.15, -0.1) is 0 Å². The molecule has 116 valence electrons. The van der Waals surface area contributed by atoms with E-state index in [1.165, 1.54) is 13.2 Å². The van der Waals surface area contributed by atoms with E-state index in [-0.39, 0.29) is 16.0 Å². The highest BCUT2D eigenvalue weighted by atomic mass is 79.9. The van der Waals surface area contributed by atoms with Crippen molar-refractivity contribution in [3.8, 4) is 0 Å². The fourth-order valence-corrected chi connectivity index (χ4v) is 1.94. The Kier molecular flexibility index (Phi) is 5.70. The molecule has 21 heavy (non-hydrogen) atoms. The van der Waals surface area contributed by atoms with Crippen molar-refractivity contribution in [2.24, 2.45) is 0 Å². The first-order chi connectivity index (χ1) is 9.70. The van der Waals surface area contributed by atoms with Gasteiger partial charge < -0.3 is 10.1 Å². The number of methoxy groups -OCH3 is 1. The van der Waals surface area contributed by atoms with Crippen LogP contribution in [0.2, 0.25) is 0 Å². The lowest BCUT2D eigenvalue weighted by Gasteiger charge is -2.13. The number of amides is 1. The summed E-state index contributed by atoms with van der Waals surface area (Å²) in [5.74, 6) is -2.81. The largest absolute Gasteiger partial charge is 0.471 e. The molecule has 1 heterocycles. The quantitative estimate of drug-likeness (QED) is 0.654. The molecule has 0 fully saturated rings. The standard InChI is InChI=1S/C12H12BrF3N2O3/c1-3-4-6-5-7(17-11(20)12(14,15)16)9(13)18-8(6)10(19)21-2/h5H,3-4H2,1-2H3,(H,17,20). The minimum Gasteiger partial charge on any atom is -0.464 e. The third-order valence-electron chi connectivity index (χ3n) is 2.46. The number of hydrogen-bond acceptors (Lipinski definition) is 4. The van der Waals surface area contributed by atoms with Crippen molar-refractivity contribution >= 4 is 33.5 Å². The molecule has 1 N–H and O–H groups in total. The topological polar surface area (TPSA) is 68.3 Å². The van der Waals surface area contributed by atoms with Gasteiger partial charge in [0.2, 0.25) is 0 Å². The van der Waals surface area contributed by atoms with Crippen LogP contribution in [0.3, 0.4) is 0 Å². The highest BCUT2D eigenvalue weighted by Gasteiger charge is 2.39. The van der Waals surface area contributed by atoms with Crippen LogP contribution in [-0.2, 0) is 16.0 Å². The maximum Gasteiger partial charge on any atom is 0.471 e. The van der Waals surface area contributed by atoms with Crippen molar-refractivity contribution in [1.82, 2.24) is 4.98 Å². The summed E-state index contributed by atoms with van der Waals surface area (Å²) in [4.78, 5) is 26.4. The lowest BCUT2D eigenvalue weighted by atomic mass is 10.1. The minimum absolute atomic E-state index is 0.00349. The van der Waals surface area contributed by atoms with E-state index in [0.29, 0.717) is 18.4 Å². The number of carbonyl (C=O) groups is 2. The summed E-state index contributed by atoms with van der Waals surface area (Å²) in [6, 6.07) is 1.27. The fraction of sp³-hybridized carbons (Fsp3) is 0.417. The molecule has 0 unspecified atom stereocenters. The fourth-order valence-electron chi connectivity index (χ4n) is 1.55. The van der Waals surface area contributed by atoms with Gasteiger partial charge in [-0.05, 0) is 34.0 Å². The van der Waals surface area contributed by atoms with E-state index in [2.05, 4.69) is 25.7 Å². The average Bonchev–Trinajstić information content (AvgIpc) is 2.40. The van der Waals surface area contributed by atoms with Crippen LogP contribution in [0.5, 0.6) is 0 Å². The summed E-state index contributed by atoms with van der Waals surface area (Å²) >= 11 is 2.92. The normalized spacial score (nSPS) is 11.1. The summed E-state index contributed by atoms with van der Waals surface area (Å²) < 4.78 is 41.2. The monoisotopic (exact) mass is 368 g/mol. The zero-order valence-corrected chi connectivity index (χ0v) is 12.8. The molecule has 0 aromatic carbocycles. The second kappa shape index (κ2) is 6.88. The van der Waals surface area contributed by atoms with Crippen LogP contribution < -0.4 is 5.32 Å². The van der Waals surface area contributed by atoms with Gasteiger partial charge in [-0.2, -0.15) is 13.2 Å². The molecular weight excluding hydrogens is 357 g/mol. The molecule has 0 aliphatic heterocycles.